The highest BCUT2D eigenvalue weighted by Crippen LogP contribution is 2.35. The van der Waals surface area contributed by atoms with Gasteiger partial charge in [-0.15, -0.1) is 0 Å². The van der Waals surface area contributed by atoms with Gasteiger partial charge >= 0.3 is 0 Å². The zero-order valence-electron chi connectivity index (χ0n) is 11.4. The molecule has 4 heteroatoms. The van der Waals surface area contributed by atoms with E-state index >= 15 is 0 Å². The van der Waals surface area contributed by atoms with E-state index in [1.165, 1.54) is 12.3 Å². The molecule has 0 saturated carbocycles. The normalized spacial score (nSPS) is 10.7. The van der Waals surface area contributed by atoms with Crippen LogP contribution in [0.15, 0.2) is 48.7 Å². The van der Waals surface area contributed by atoms with Gasteiger partial charge in [0.2, 0.25) is 0 Å². The van der Waals surface area contributed by atoms with Crippen LogP contribution in [0.5, 0.6) is 11.5 Å². The number of benzene rings is 2. The second kappa shape index (κ2) is 4.90. The van der Waals surface area contributed by atoms with E-state index in [0.717, 1.165) is 5.56 Å². The van der Waals surface area contributed by atoms with Crippen molar-refractivity contribution in [2.75, 3.05) is 0 Å². The van der Waals surface area contributed by atoms with Crippen molar-refractivity contribution < 1.29 is 15.0 Å². The quantitative estimate of drug-likeness (QED) is 0.558. The van der Waals surface area contributed by atoms with Crippen LogP contribution in [0, 0.1) is 6.92 Å². The Morgan fingerprint density at radius 3 is 2.52 bits per heavy atom. The predicted octanol–water partition coefficient (Wildman–Crippen LogP) is 3.19. The van der Waals surface area contributed by atoms with Crippen LogP contribution in [0.4, 0.5) is 0 Å². The first-order valence-corrected chi connectivity index (χ1v) is 6.49. The predicted molar refractivity (Wildman–Crippen MR) is 79.7 cm³/mol. The van der Waals surface area contributed by atoms with E-state index in [0.29, 0.717) is 10.9 Å². The lowest BCUT2D eigenvalue weighted by molar-refractivity contribution is 0.103. The fraction of sp³-hybridized carbons (Fsp3) is 0.0588. The third-order valence-electron chi connectivity index (χ3n) is 3.40. The molecule has 2 N–H and O–H groups in total. The number of rotatable bonds is 2. The highest BCUT2D eigenvalue weighted by atomic mass is 16.3. The molecule has 21 heavy (non-hydrogen) atoms. The van der Waals surface area contributed by atoms with Crippen LogP contribution in [-0.4, -0.2) is 21.0 Å². The van der Waals surface area contributed by atoms with E-state index in [4.69, 9.17) is 0 Å². The Hall–Kier alpha value is -2.88. The van der Waals surface area contributed by atoms with Crippen molar-refractivity contribution in [2.45, 2.75) is 6.92 Å². The minimum absolute atomic E-state index is 0.0665. The first kappa shape index (κ1) is 13.1. The van der Waals surface area contributed by atoms with E-state index in [2.05, 4.69) is 4.98 Å². The topological polar surface area (TPSA) is 70.4 Å². The van der Waals surface area contributed by atoms with Crippen molar-refractivity contribution in [3.05, 3.63) is 65.4 Å². The average molecular weight is 279 g/mol. The molecule has 0 radical (unpaired) electrons. The molecule has 0 atom stereocenters. The highest BCUT2D eigenvalue weighted by Gasteiger charge is 2.18. The molecular weight excluding hydrogens is 266 g/mol. The number of phenols is 2. The van der Waals surface area contributed by atoms with E-state index in [-0.39, 0.29) is 28.4 Å². The molecule has 0 aliphatic heterocycles. The van der Waals surface area contributed by atoms with Gasteiger partial charge in [-0.05, 0) is 25.1 Å². The SMILES string of the molecule is Cc1ccc(C(=O)c2cc(O)c3ncccc3c2O)cc1. The molecule has 1 aromatic heterocycles. The molecule has 0 aliphatic carbocycles. The Kier molecular flexibility index (Phi) is 3.06. The van der Waals surface area contributed by atoms with Crippen molar-refractivity contribution in [3.63, 3.8) is 0 Å². The number of phenolic OH excluding ortho intramolecular Hbond substituents is 2. The summed E-state index contributed by atoms with van der Waals surface area (Å²) in [5.41, 5.74) is 1.84. The van der Waals surface area contributed by atoms with Gasteiger partial charge in [0, 0.05) is 17.1 Å². The van der Waals surface area contributed by atoms with Crippen LogP contribution in [0.2, 0.25) is 0 Å². The van der Waals surface area contributed by atoms with Gasteiger partial charge in [-0.25, -0.2) is 0 Å². The van der Waals surface area contributed by atoms with Gasteiger partial charge in [0.25, 0.3) is 0 Å². The van der Waals surface area contributed by atoms with E-state index < -0.39 is 0 Å². The lowest BCUT2D eigenvalue weighted by Gasteiger charge is -2.09. The third-order valence-corrected chi connectivity index (χ3v) is 3.40. The zero-order chi connectivity index (χ0) is 15.0. The number of fused-ring (bicyclic) bond motifs is 1. The van der Waals surface area contributed by atoms with Gasteiger partial charge < -0.3 is 10.2 Å². The number of hydrogen-bond donors (Lipinski definition) is 2. The summed E-state index contributed by atoms with van der Waals surface area (Å²) in [6.07, 6.45) is 1.52. The Labute approximate surface area is 121 Å². The smallest absolute Gasteiger partial charge is 0.196 e. The van der Waals surface area contributed by atoms with Gasteiger partial charge in [-0.2, -0.15) is 0 Å². The largest absolute Gasteiger partial charge is 0.506 e. The van der Waals surface area contributed by atoms with Gasteiger partial charge in [0.15, 0.2) is 5.78 Å². The van der Waals surface area contributed by atoms with Gasteiger partial charge in [-0.1, -0.05) is 29.8 Å². The van der Waals surface area contributed by atoms with E-state index in [1.807, 2.05) is 19.1 Å². The van der Waals surface area contributed by atoms with Crippen LogP contribution in [0.3, 0.4) is 0 Å². The van der Waals surface area contributed by atoms with Crippen molar-refractivity contribution >= 4 is 16.7 Å². The first-order chi connectivity index (χ1) is 10.1. The Morgan fingerprint density at radius 1 is 1.10 bits per heavy atom. The average Bonchev–Trinajstić information content (AvgIpc) is 2.51. The molecule has 2 aromatic carbocycles. The lowest BCUT2D eigenvalue weighted by atomic mass is 9.99. The van der Waals surface area contributed by atoms with E-state index in [9.17, 15) is 15.0 Å². The Morgan fingerprint density at radius 2 is 1.81 bits per heavy atom. The van der Waals surface area contributed by atoms with Crippen LogP contribution in [-0.2, 0) is 0 Å². The fourth-order valence-electron chi connectivity index (χ4n) is 2.25. The number of ketones is 1. The zero-order valence-corrected chi connectivity index (χ0v) is 11.4. The Bertz CT molecular complexity index is 839. The van der Waals surface area contributed by atoms with Gasteiger partial charge in [0.05, 0.1) is 5.56 Å². The first-order valence-electron chi connectivity index (χ1n) is 6.49. The number of pyridine rings is 1. The summed E-state index contributed by atoms with van der Waals surface area (Å²) in [4.78, 5) is 16.5. The molecule has 3 rings (SSSR count). The number of carbonyl (C=O) groups excluding carboxylic acids is 1. The summed E-state index contributed by atoms with van der Waals surface area (Å²) in [6.45, 7) is 1.93. The molecule has 0 amide bonds. The number of aromatic hydroxyl groups is 2. The minimum Gasteiger partial charge on any atom is -0.506 e. The summed E-state index contributed by atoms with van der Waals surface area (Å²) in [7, 11) is 0. The molecular formula is C17H13NO3. The van der Waals surface area contributed by atoms with Crippen LogP contribution in [0.1, 0.15) is 21.5 Å². The van der Waals surface area contributed by atoms with Crippen molar-refractivity contribution in [1.82, 2.24) is 4.98 Å². The molecule has 0 aliphatic rings. The minimum atomic E-state index is -0.339. The maximum atomic E-state index is 12.5. The number of aromatic nitrogens is 1. The fourth-order valence-corrected chi connectivity index (χ4v) is 2.25. The summed E-state index contributed by atoms with van der Waals surface area (Å²) >= 11 is 0. The van der Waals surface area contributed by atoms with Crippen LogP contribution < -0.4 is 0 Å². The summed E-state index contributed by atoms with van der Waals surface area (Å²) < 4.78 is 0. The summed E-state index contributed by atoms with van der Waals surface area (Å²) in [5, 5.41) is 20.6. The van der Waals surface area contributed by atoms with Crippen molar-refractivity contribution in [1.29, 1.82) is 0 Å². The Balaban J connectivity index is 2.18. The lowest BCUT2D eigenvalue weighted by Crippen LogP contribution is -2.02. The number of aryl methyl sites for hydroxylation is 1. The molecule has 0 fully saturated rings. The van der Waals surface area contributed by atoms with E-state index in [1.54, 1.807) is 24.3 Å². The second-order valence-electron chi connectivity index (χ2n) is 4.89. The monoisotopic (exact) mass is 279 g/mol. The van der Waals surface area contributed by atoms with Crippen LogP contribution in [0.25, 0.3) is 10.9 Å². The maximum Gasteiger partial charge on any atom is 0.196 e. The maximum absolute atomic E-state index is 12.5. The van der Waals surface area contributed by atoms with Crippen LogP contribution >= 0.6 is 0 Å². The standard InChI is InChI=1S/C17H13NO3/c1-10-4-6-11(7-5-10)16(20)13-9-14(19)15-12(17(13)21)3-2-8-18-15/h2-9,19,21H,1H3. The molecule has 0 unspecified atom stereocenters. The van der Waals surface area contributed by atoms with Gasteiger partial charge in [0.1, 0.15) is 17.0 Å². The number of nitrogens with zero attached hydrogens (tertiary/aromatic N) is 1. The molecule has 0 bridgehead atoms. The number of carbonyl (C=O) groups is 1. The van der Waals surface area contributed by atoms with Crippen molar-refractivity contribution in [2.24, 2.45) is 0 Å². The second-order valence-corrected chi connectivity index (χ2v) is 4.89. The molecule has 104 valence electrons. The molecule has 1 heterocycles. The molecule has 3 aromatic rings. The third kappa shape index (κ3) is 2.21. The summed E-state index contributed by atoms with van der Waals surface area (Å²) in [5.74, 6) is -0.631. The molecule has 0 saturated heterocycles. The summed E-state index contributed by atoms with van der Waals surface area (Å²) in [6, 6.07) is 11.6. The molecule has 0 spiro atoms. The highest BCUT2D eigenvalue weighted by molar-refractivity contribution is 6.14. The van der Waals surface area contributed by atoms with Gasteiger partial charge in [-0.3, -0.25) is 9.78 Å². The number of hydrogen-bond acceptors (Lipinski definition) is 4. The van der Waals surface area contributed by atoms with Crippen molar-refractivity contribution in [3.8, 4) is 11.5 Å². The molecule has 4 nitrogen and oxygen atoms in total.